The van der Waals surface area contributed by atoms with E-state index >= 15 is 0 Å². The first-order valence-corrected chi connectivity index (χ1v) is 4.47. The van der Waals surface area contributed by atoms with Crippen molar-refractivity contribution in [2.45, 2.75) is 6.92 Å². The number of carbonyl (C=O) groups is 1. The summed E-state index contributed by atoms with van der Waals surface area (Å²) in [5, 5.41) is 2.65. The molecule has 0 atom stereocenters. The summed E-state index contributed by atoms with van der Waals surface area (Å²) in [5.74, 6) is 1.38. The minimum Gasteiger partial charge on any atom is -0.459 e. The Kier molecular flexibility index (Phi) is 2.23. The maximum Gasteiger partial charge on any atom is 0.247 e. The van der Waals surface area contributed by atoms with Gasteiger partial charge in [0.1, 0.15) is 11.5 Å². The van der Waals surface area contributed by atoms with Crippen LogP contribution in [0.3, 0.4) is 0 Å². The number of benzene rings is 1. The molecule has 2 rings (SSSR count). The van der Waals surface area contributed by atoms with Gasteiger partial charge >= 0.3 is 0 Å². The van der Waals surface area contributed by atoms with Gasteiger partial charge in [-0.2, -0.15) is 0 Å². The number of hydrogen-bond acceptors (Lipinski definition) is 2. The topological polar surface area (TPSA) is 38.3 Å². The highest BCUT2D eigenvalue weighted by Crippen LogP contribution is 2.19. The summed E-state index contributed by atoms with van der Waals surface area (Å²) in [6.07, 6.45) is 1.48. The van der Waals surface area contributed by atoms with E-state index in [4.69, 9.17) is 4.74 Å². The zero-order valence-corrected chi connectivity index (χ0v) is 7.91. The molecule has 1 heterocycles. The van der Waals surface area contributed by atoms with Gasteiger partial charge in [-0.1, -0.05) is 18.2 Å². The summed E-state index contributed by atoms with van der Waals surface area (Å²) in [6, 6.07) is 7.72. The van der Waals surface area contributed by atoms with Crippen LogP contribution < -0.4 is 10.1 Å². The van der Waals surface area contributed by atoms with Crippen molar-refractivity contribution in [3.8, 4) is 5.75 Å². The van der Waals surface area contributed by atoms with E-state index in [0.29, 0.717) is 12.3 Å². The molecule has 1 aromatic rings. The predicted molar refractivity (Wildman–Crippen MR) is 52.9 cm³/mol. The average molecular weight is 189 g/mol. The van der Waals surface area contributed by atoms with Crippen LogP contribution in [-0.4, -0.2) is 12.5 Å². The van der Waals surface area contributed by atoms with Crippen molar-refractivity contribution in [1.29, 1.82) is 0 Å². The maximum atomic E-state index is 10.9. The Morgan fingerprint density at radius 2 is 2.14 bits per heavy atom. The molecule has 1 aliphatic heterocycles. The van der Waals surface area contributed by atoms with Crippen LogP contribution in [0.1, 0.15) is 5.56 Å². The number of hydrogen-bond donors (Lipinski definition) is 1. The van der Waals surface area contributed by atoms with Crippen molar-refractivity contribution < 1.29 is 9.53 Å². The number of aryl methyl sites for hydroxylation is 1. The maximum absolute atomic E-state index is 10.9. The van der Waals surface area contributed by atoms with Crippen molar-refractivity contribution in [2.75, 3.05) is 6.54 Å². The fraction of sp³-hybridized carbons (Fsp3) is 0.182. The van der Waals surface area contributed by atoms with Gasteiger partial charge in [0.15, 0.2) is 0 Å². The van der Waals surface area contributed by atoms with E-state index in [1.165, 1.54) is 6.08 Å². The molecule has 0 unspecified atom stereocenters. The molecule has 0 saturated carbocycles. The van der Waals surface area contributed by atoms with Gasteiger partial charge in [-0.3, -0.25) is 4.79 Å². The van der Waals surface area contributed by atoms with Crippen molar-refractivity contribution >= 4 is 5.91 Å². The summed E-state index contributed by atoms with van der Waals surface area (Å²) in [6.45, 7) is 2.45. The number of para-hydroxylation sites is 1. The number of amides is 1. The van der Waals surface area contributed by atoms with Gasteiger partial charge < -0.3 is 10.1 Å². The largest absolute Gasteiger partial charge is 0.459 e. The van der Waals surface area contributed by atoms with E-state index < -0.39 is 0 Å². The fourth-order valence-electron chi connectivity index (χ4n) is 1.30. The SMILES string of the molecule is Cc1ccccc1OC1=CC(=O)NC1. The predicted octanol–water partition coefficient (Wildman–Crippen LogP) is 1.39. The van der Waals surface area contributed by atoms with Crippen LogP contribution in [0.5, 0.6) is 5.75 Å². The van der Waals surface area contributed by atoms with E-state index in [9.17, 15) is 4.79 Å². The Morgan fingerprint density at radius 3 is 2.79 bits per heavy atom. The zero-order chi connectivity index (χ0) is 9.97. The third-order valence-corrected chi connectivity index (χ3v) is 2.06. The molecular formula is C11H11NO2. The standard InChI is InChI=1S/C11H11NO2/c1-8-4-2-3-5-10(8)14-9-6-11(13)12-7-9/h2-6H,7H2,1H3,(H,12,13). The molecule has 1 aliphatic rings. The highest BCUT2D eigenvalue weighted by molar-refractivity contribution is 5.90. The molecule has 0 bridgehead atoms. The molecule has 0 fully saturated rings. The molecule has 0 spiro atoms. The molecule has 0 saturated heterocycles. The third-order valence-electron chi connectivity index (χ3n) is 2.06. The highest BCUT2D eigenvalue weighted by atomic mass is 16.5. The monoisotopic (exact) mass is 189 g/mol. The lowest BCUT2D eigenvalue weighted by Crippen LogP contribution is -2.15. The number of rotatable bonds is 2. The lowest BCUT2D eigenvalue weighted by Gasteiger charge is -2.07. The van der Waals surface area contributed by atoms with Crippen molar-refractivity contribution in [3.63, 3.8) is 0 Å². The minimum absolute atomic E-state index is 0.0893. The quantitative estimate of drug-likeness (QED) is 0.763. The zero-order valence-electron chi connectivity index (χ0n) is 7.91. The molecule has 1 amide bonds. The van der Waals surface area contributed by atoms with Gasteiger partial charge in [0, 0.05) is 6.08 Å². The lowest BCUT2D eigenvalue weighted by atomic mass is 10.2. The second kappa shape index (κ2) is 3.54. The van der Waals surface area contributed by atoms with Gasteiger partial charge in [-0.25, -0.2) is 0 Å². The Bertz CT molecular complexity index is 396. The van der Waals surface area contributed by atoms with Crippen LogP contribution in [0, 0.1) is 6.92 Å². The van der Waals surface area contributed by atoms with E-state index in [2.05, 4.69) is 5.32 Å². The van der Waals surface area contributed by atoms with E-state index in [0.717, 1.165) is 11.3 Å². The first-order chi connectivity index (χ1) is 6.75. The van der Waals surface area contributed by atoms with Gasteiger partial charge in [-0.15, -0.1) is 0 Å². The van der Waals surface area contributed by atoms with Gasteiger partial charge in [0.2, 0.25) is 5.91 Å². The molecule has 14 heavy (non-hydrogen) atoms. The van der Waals surface area contributed by atoms with Crippen LogP contribution in [0.2, 0.25) is 0 Å². The molecule has 0 aromatic heterocycles. The van der Waals surface area contributed by atoms with Crippen LogP contribution >= 0.6 is 0 Å². The highest BCUT2D eigenvalue weighted by Gasteiger charge is 2.12. The van der Waals surface area contributed by atoms with Gasteiger partial charge in [0.25, 0.3) is 0 Å². The Labute approximate surface area is 82.4 Å². The fourth-order valence-corrected chi connectivity index (χ4v) is 1.30. The normalized spacial score (nSPS) is 14.9. The average Bonchev–Trinajstić information content (AvgIpc) is 2.56. The lowest BCUT2D eigenvalue weighted by molar-refractivity contribution is -0.115. The van der Waals surface area contributed by atoms with E-state index in [1.807, 2.05) is 31.2 Å². The second-order valence-corrected chi connectivity index (χ2v) is 3.20. The molecular weight excluding hydrogens is 178 g/mol. The molecule has 0 radical (unpaired) electrons. The third kappa shape index (κ3) is 1.76. The molecule has 3 heteroatoms. The van der Waals surface area contributed by atoms with Crippen LogP contribution in [0.15, 0.2) is 36.1 Å². The minimum atomic E-state index is -0.0893. The van der Waals surface area contributed by atoms with Crippen LogP contribution in [0.4, 0.5) is 0 Å². The first kappa shape index (κ1) is 8.81. The summed E-state index contributed by atoms with van der Waals surface area (Å²) in [5.41, 5.74) is 1.06. The van der Waals surface area contributed by atoms with E-state index in [-0.39, 0.29) is 5.91 Å². The number of ether oxygens (including phenoxy) is 1. The van der Waals surface area contributed by atoms with Crippen molar-refractivity contribution in [1.82, 2.24) is 5.32 Å². The van der Waals surface area contributed by atoms with Crippen LogP contribution in [0.25, 0.3) is 0 Å². The Balaban J connectivity index is 2.15. The van der Waals surface area contributed by atoms with Crippen molar-refractivity contribution in [2.24, 2.45) is 0 Å². The smallest absolute Gasteiger partial charge is 0.247 e. The van der Waals surface area contributed by atoms with Gasteiger partial charge in [0.05, 0.1) is 6.54 Å². The summed E-state index contributed by atoms with van der Waals surface area (Å²) in [4.78, 5) is 10.9. The summed E-state index contributed by atoms with van der Waals surface area (Å²) in [7, 11) is 0. The van der Waals surface area contributed by atoms with Crippen molar-refractivity contribution in [3.05, 3.63) is 41.7 Å². The Morgan fingerprint density at radius 1 is 1.36 bits per heavy atom. The molecule has 0 aliphatic carbocycles. The molecule has 1 N–H and O–H groups in total. The number of nitrogens with one attached hydrogen (secondary N) is 1. The molecule has 72 valence electrons. The van der Waals surface area contributed by atoms with Gasteiger partial charge in [-0.05, 0) is 18.6 Å². The summed E-state index contributed by atoms with van der Waals surface area (Å²) < 4.78 is 5.55. The second-order valence-electron chi connectivity index (χ2n) is 3.20. The van der Waals surface area contributed by atoms with Crippen LogP contribution in [-0.2, 0) is 4.79 Å². The molecule has 3 nitrogen and oxygen atoms in total. The Hall–Kier alpha value is -1.77. The van der Waals surface area contributed by atoms with E-state index in [1.54, 1.807) is 0 Å². The summed E-state index contributed by atoms with van der Waals surface area (Å²) >= 11 is 0. The first-order valence-electron chi connectivity index (χ1n) is 4.47. The molecule has 1 aromatic carbocycles. The number of carbonyl (C=O) groups excluding carboxylic acids is 1.